The largest absolute Gasteiger partial charge is 0.478 e. The second-order valence-electron chi connectivity index (χ2n) is 4.74. The Kier molecular flexibility index (Phi) is 2.46. The van der Waals surface area contributed by atoms with Gasteiger partial charge in [-0.15, -0.1) is 0 Å². The minimum atomic E-state index is -0.917. The van der Waals surface area contributed by atoms with Gasteiger partial charge in [-0.25, -0.2) is 14.8 Å². The van der Waals surface area contributed by atoms with E-state index in [1.807, 2.05) is 0 Å². The molecule has 2 heterocycles. The molecule has 0 unspecified atom stereocenters. The van der Waals surface area contributed by atoms with Crippen molar-refractivity contribution in [1.29, 1.82) is 0 Å². The molecule has 0 aromatic carbocycles. The maximum Gasteiger partial charge on any atom is 0.339 e. The summed E-state index contributed by atoms with van der Waals surface area (Å²) in [6.07, 6.45) is 5.91. The molecule has 1 aromatic heterocycles. The molecule has 0 spiro atoms. The van der Waals surface area contributed by atoms with Crippen molar-refractivity contribution in [2.45, 2.75) is 31.6 Å². The number of aromatic nitrogens is 2. The standard InChI is InChI=1S/C12H15N3O2/c16-11(17)9-7-13-12(15-5-1-2-6-15)14-10(9)8-3-4-8/h7-8H,1-6H2,(H,16,17). The van der Waals surface area contributed by atoms with Crippen LogP contribution in [0.4, 0.5) is 5.95 Å². The second kappa shape index (κ2) is 3.98. The van der Waals surface area contributed by atoms with E-state index in [1.165, 1.54) is 19.0 Å². The third-order valence-corrected chi connectivity index (χ3v) is 3.39. The number of anilines is 1. The molecule has 2 fully saturated rings. The molecule has 0 bridgehead atoms. The number of nitrogens with zero attached hydrogens (tertiary/aromatic N) is 3. The number of hydrogen-bond donors (Lipinski definition) is 1. The maximum absolute atomic E-state index is 11.1. The quantitative estimate of drug-likeness (QED) is 0.859. The predicted molar refractivity (Wildman–Crippen MR) is 62.4 cm³/mol. The summed E-state index contributed by atoms with van der Waals surface area (Å²) in [5.41, 5.74) is 1.00. The maximum atomic E-state index is 11.1. The van der Waals surface area contributed by atoms with E-state index in [-0.39, 0.29) is 5.56 Å². The summed E-state index contributed by atoms with van der Waals surface area (Å²) in [7, 11) is 0. The van der Waals surface area contributed by atoms with Crippen molar-refractivity contribution in [1.82, 2.24) is 9.97 Å². The average Bonchev–Trinajstić information content (AvgIpc) is 3.03. The lowest BCUT2D eigenvalue weighted by Crippen LogP contribution is -2.21. The highest BCUT2D eigenvalue weighted by atomic mass is 16.4. The molecule has 0 amide bonds. The summed E-state index contributed by atoms with van der Waals surface area (Å²) in [4.78, 5) is 21.9. The van der Waals surface area contributed by atoms with Crippen LogP contribution in [0.2, 0.25) is 0 Å². The molecule has 1 aliphatic carbocycles. The van der Waals surface area contributed by atoms with Gasteiger partial charge < -0.3 is 10.0 Å². The Morgan fingerprint density at radius 2 is 2.06 bits per heavy atom. The normalized spacial score (nSPS) is 19.6. The zero-order valence-corrected chi connectivity index (χ0v) is 9.59. The van der Waals surface area contributed by atoms with Crippen LogP contribution < -0.4 is 4.90 Å². The lowest BCUT2D eigenvalue weighted by atomic mass is 10.1. The topological polar surface area (TPSA) is 66.3 Å². The molecule has 1 saturated carbocycles. The minimum Gasteiger partial charge on any atom is -0.478 e. The molecule has 0 atom stereocenters. The van der Waals surface area contributed by atoms with Gasteiger partial charge in [0, 0.05) is 25.2 Å². The van der Waals surface area contributed by atoms with Crippen LogP contribution in [0.5, 0.6) is 0 Å². The zero-order chi connectivity index (χ0) is 11.8. The third kappa shape index (κ3) is 1.97. The van der Waals surface area contributed by atoms with E-state index in [9.17, 15) is 4.79 Å². The number of carboxylic acid groups (broad SMARTS) is 1. The summed E-state index contributed by atoms with van der Waals surface area (Å²) in [5.74, 6) is 0.125. The van der Waals surface area contributed by atoms with E-state index in [1.54, 1.807) is 0 Å². The molecule has 1 saturated heterocycles. The highest BCUT2D eigenvalue weighted by molar-refractivity contribution is 5.89. The lowest BCUT2D eigenvalue weighted by molar-refractivity contribution is 0.0694. The van der Waals surface area contributed by atoms with E-state index >= 15 is 0 Å². The predicted octanol–water partition coefficient (Wildman–Crippen LogP) is 1.65. The van der Waals surface area contributed by atoms with E-state index in [0.717, 1.165) is 31.6 Å². The Hall–Kier alpha value is -1.65. The first-order valence-electron chi connectivity index (χ1n) is 6.11. The summed E-state index contributed by atoms with van der Waals surface area (Å²) >= 11 is 0. The second-order valence-corrected chi connectivity index (χ2v) is 4.74. The first-order chi connectivity index (χ1) is 8.25. The molecular weight excluding hydrogens is 218 g/mol. The van der Waals surface area contributed by atoms with Gasteiger partial charge in [-0.1, -0.05) is 0 Å². The Labute approximate surface area is 99.5 Å². The van der Waals surface area contributed by atoms with Gasteiger partial charge in [0.1, 0.15) is 0 Å². The monoisotopic (exact) mass is 233 g/mol. The van der Waals surface area contributed by atoms with Crippen LogP contribution in [-0.4, -0.2) is 34.1 Å². The van der Waals surface area contributed by atoms with Crippen LogP contribution in [0.1, 0.15) is 47.7 Å². The van der Waals surface area contributed by atoms with Crippen LogP contribution in [0.3, 0.4) is 0 Å². The van der Waals surface area contributed by atoms with Gasteiger partial charge in [0.05, 0.1) is 11.3 Å². The van der Waals surface area contributed by atoms with Crippen LogP contribution >= 0.6 is 0 Å². The minimum absolute atomic E-state index is 0.274. The molecule has 90 valence electrons. The summed E-state index contributed by atoms with van der Waals surface area (Å²) in [6.45, 7) is 1.97. The van der Waals surface area contributed by atoms with Crippen molar-refractivity contribution in [3.8, 4) is 0 Å². The molecule has 5 nitrogen and oxygen atoms in total. The summed E-state index contributed by atoms with van der Waals surface area (Å²) in [5, 5.41) is 9.10. The van der Waals surface area contributed by atoms with E-state index in [2.05, 4.69) is 14.9 Å². The van der Waals surface area contributed by atoms with Crippen molar-refractivity contribution >= 4 is 11.9 Å². The van der Waals surface area contributed by atoms with Gasteiger partial charge in [0.15, 0.2) is 0 Å². The van der Waals surface area contributed by atoms with Gasteiger partial charge in [0.2, 0.25) is 5.95 Å². The van der Waals surface area contributed by atoms with E-state index < -0.39 is 5.97 Å². The molecule has 1 aromatic rings. The van der Waals surface area contributed by atoms with Gasteiger partial charge in [0.25, 0.3) is 0 Å². The first kappa shape index (κ1) is 10.5. The smallest absolute Gasteiger partial charge is 0.339 e. The number of hydrogen-bond acceptors (Lipinski definition) is 4. The lowest BCUT2D eigenvalue weighted by Gasteiger charge is -2.16. The fourth-order valence-corrected chi connectivity index (χ4v) is 2.29. The van der Waals surface area contributed by atoms with Crippen LogP contribution in [-0.2, 0) is 0 Å². The van der Waals surface area contributed by atoms with E-state index in [0.29, 0.717) is 11.9 Å². The Balaban J connectivity index is 1.96. The Bertz CT molecular complexity index is 451. The average molecular weight is 233 g/mol. The number of rotatable bonds is 3. The Morgan fingerprint density at radius 3 is 2.65 bits per heavy atom. The van der Waals surface area contributed by atoms with E-state index in [4.69, 9.17) is 5.11 Å². The molecular formula is C12H15N3O2. The third-order valence-electron chi connectivity index (χ3n) is 3.39. The molecule has 5 heteroatoms. The molecule has 1 aliphatic heterocycles. The zero-order valence-electron chi connectivity index (χ0n) is 9.59. The van der Waals surface area contributed by atoms with Crippen LogP contribution in [0.25, 0.3) is 0 Å². The van der Waals surface area contributed by atoms with Gasteiger partial charge >= 0.3 is 5.97 Å². The first-order valence-corrected chi connectivity index (χ1v) is 6.11. The van der Waals surface area contributed by atoms with Gasteiger partial charge in [-0.05, 0) is 25.7 Å². The highest BCUT2D eigenvalue weighted by Crippen LogP contribution is 2.41. The van der Waals surface area contributed by atoms with Gasteiger partial charge in [-0.2, -0.15) is 0 Å². The SMILES string of the molecule is O=C(O)c1cnc(N2CCCC2)nc1C1CC1. The number of carbonyl (C=O) groups is 1. The number of aromatic carboxylic acids is 1. The van der Waals surface area contributed by atoms with Gasteiger partial charge in [-0.3, -0.25) is 0 Å². The van der Waals surface area contributed by atoms with Crippen LogP contribution in [0.15, 0.2) is 6.20 Å². The van der Waals surface area contributed by atoms with Crippen molar-refractivity contribution in [3.63, 3.8) is 0 Å². The van der Waals surface area contributed by atoms with Crippen LogP contribution in [0, 0.1) is 0 Å². The number of carboxylic acids is 1. The fourth-order valence-electron chi connectivity index (χ4n) is 2.29. The molecule has 2 aliphatic rings. The molecule has 0 radical (unpaired) electrons. The molecule has 3 rings (SSSR count). The van der Waals surface area contributed by atoms with Crippen molar-refractivity contribution < 1.29 is 9.90 Å². The van der Waals surface area contributed by atoms with Crippen molar-refractivity contribution in [3.05, 3.63) is 17.5 Å². The van der Waals surface area contributed by atoms with Crippen molar-refractivity contribution in [2.75, 3.05) is 18.0 Å². The highest BCUT2D eigenvalue weighted by Gasteiger charge is 2.31. The Morgan fingerprint density at radius 1 is 1.35 bits per heavy atom. The molecule has 1 N–H and O–H groups in total. The molecule has 17 heavy (non-hydrogen) atoms. The summed E-state index contributed by atoms with van der Waals surface area (Å²) in [6, 6.07) is 0. The fraction of sp³-hybridized carbons (Fsp3) is 0.583. The van der Waals surface area contributed by atoms with Crippen molar-refractivity contribution in [2.24, 2.45) is 0 Å². The summed E-state index contributed by atoms with van der Waals surface area (Å²) < 4.78 is 0.